The average molecular weight is 183 g/mol. The standard InChI is InChI=1S/C9H10FNO2/c10-5-1-2-6-8(3-5)13-4-7(12)9(6)11/h1-3,7,9,12H,4,11H2/t7-,9+/m0/s1. The molecular weight excluding hydrogens is 173 g/mol. The van der Waals surface area contributed by atoms with Crippen LogP contribution in [0.15, 0.2) is 18.2 Å². The van der Waals surface area contributed by atoms with Gasteiger partial charge in [-0.2, -0.15) is 0 Å². The first-order valence-corrected chi connectivity index (χ1v) is 4.04. The van der Waals surface area contributed by atoms with Crippen LogP contribution in [0.25, 0.3) is 0 Å². The summed E-state index contributed by atoms with van der Waals surface area (Å²) < 4.78 is 17.9. The Balaban J connectivity index is 2.44. The van der Waals surface area contributed by atoms with E-state index in [1.54, 1.807) is 0 Å². The predicted octanol–water partition coefficient (Wildman–Crippen LogP) is 0.579. The maximum atomic E-state index is 12.7. The molecule has 0 fully saturated rings. The smallest absolute Gasteiger partial charge is 0.127 e. The van der Waals surface area contributed by atoms with Crippen molar-refractivity contribution in [1.82, 2.24) is 0 Å². The number of rotatable bonds is 0. The van der Waals surface area contributed by atoms with E-state index in [-0.39, 0.29) is 12.4 Å². The lowest BCUT2D eigenvalue weighted by molar-refractivity contribution is 0.0676. The van der Waals surface area contributed by atoms with Crippen molar-refractivity contribution in [2.75, 3.05) is 6.61 Å². The summed E-state index contributed by atoms with van der Waals surface area (Å²) in [5.74, 6) is 0.0696. The van der Waals surface area contributed by atoms with Gasteiger partial charge < -0.3 is 15.6 Å². The van der Waals surface area contributed by atoms with Crippen LogP contribution in [0, 0.1) is 5.82 Å². The number of fused-ring (bicyclic) bond motifs is 1. The lowest BCUT2D eigenvalue weighted by Crippen LogP contribution is -2.35. The van der Waals surface area contributed by atoms with Crippen LogP contribution < -0.4 is 10.5 Å². The molecule has 0 spiro atoms. The van der Waals surface area contributed by atoms with E-state index in [1.165, 1.54) is 18.2 Å². The molecule has 1 heterocycles. The summed E-state index contributed by atoms with van der Waals surface area (Å²) in [6, 6.07) is 3.64. The van der Waals surface area contributed by atoms with E-state index in [9.17, 15) is 9.50 Å². The third-order valence-electron chi connectivity index (χ3n) is 2.16. The summed E-state index contributed by atoms with van der Waals surface area (Å²) in [5.41, 5.74) is 6.34. The first-order chi connectivity index (χ1) is 6.18. The number of hydrogen-bond donors (Lipinski definition) is 2. The molecule has 0 bridgehead atoms. The zero-order valence-corrected chi connectivity index (χ0v) is 6.90. The molecule has 0 aliphatic carbocycles. The van der Waals surface area contributed by atoms with Crippen molar-refractivity contribution in [3.05, 3.63) is 29.6 Å². The van der Waals surface area contributed by atoms with Gasteiger partial charge in [-0.05, 0) is 6.07 Å². The van der Waals surface area contributed by atoms with Gasteiger partial charge in [0.05, 0.1) is 6.04 Å². The highest BCUT2D eigenvalue weighted by Gasteiger charge is 2.26. The summed E-state index contributed by atoms with van der Waals surface area (Å²) in [4.78, 5) is 0. The molecule has 13 heavy (non-hydrogen) atoms. The van der Waals surface area contributed by atoms with Gasteiger partial charge in [-0.3, -0.25) is 0 Å². The molecule has 0 aromatic heterocycles. The Morgan fingerprint density at radius 2 is 2.31 bits per heavy atom. The Kier molecular flexibility index (Phi) is 1.94. The van der Waals surface area contributed by atoms with Crippen LogP contribution in [0.3, 0.4) is 0 Å². The number of aliphatic hydroxyl groups is 1. The number of nitrogens with two attached hydrogens (primary N) is 1. The first-order valence-electron chi connectivity index (χ1n) is 4.04. The molecule has 70 valence electrons. The molecule has 0 amide bonds. The van der Waals surface area contributed by atoms with Crippen LogP contribution in [0.5, 0.6) is 5.75 Å². The number of benzene rings is 1. The van der Waals surface area contributed by atoms with Gasteiger partial charge in [-0.1, -0.05) is 6.07 Å². The topological polar surface area (TPSA) is 55.5 Å². The second kappa shape index (κ2) is 2.97. The Bertz CT molecular complexity index is 329. The quantitative estimate of drug-likeness (QED) is 0.618. The minimum Gasteiger partial charge on any atom is -0.490 e. The van der Waals surface area contributed by atoms with E-state index in [0.29, 0.717) is 11.3 Å². The van der Waals surface area contributed by atoms with Crippen LogP contribution in [0.2, 0.25) is 0 Å². The largest absolute Gasteiger partial charge is 0.490 e. The zero-order valence-electron chi connectivity index (χ0n) is 6.90. The minimum absolute atomic E-state index is 0.123. The fourth-order valence-electron chi connectivity index (χ4n) is 1.39. The van der Waals surface area contributed by atoms with Crippen molar-refractivity contribution in [3.8, 4) is 5.75 Å². The van der Waals surface area contributed by atoms with Crippen molar-refractivity contribution in [1.29, 1.82) is 0 Å². The highest BCUT2D eigenvalue weighted by Crippen LogP contribution is 2.30. The Labute approximate surface area is 74.9 Å². The molecule has 3 nitrogen and oxygen atoms in total. The van der Waals surface area contributed by atoms with E-state index in [4.69, 9.17) is 10.5 Å². The van der Waals surface area contributed by atoms with Crippen LogP contribution in [-0.2, 0) is 0 Å². The first kappa shape index (κ1) is 8.47. The van der Waals surface area contributed by atoms with Gasteiger partial charge in [0.1, 0.15) is 24.3 Å². The molecule has 1 aromatic rings. The van der Waals surface area contributed by atoms with Crippen molar-refractivity contribution in [2.24, 2.45) is 5.73 Å². The third-order valence-corrected chi connectivity index (χ3v) is 2.16. The fraction of sp³-hybridized carbons (Fsp3) is 0.333. The van der Waals surface area contributed by atoms with Crippen LogP contribution in [-0.4, -0.2) is 17.8 Å². The second-order valence-electron chi connectivity index (χ2n) is 3.09. The summed E-state index contributed by atoms with van der Waals surface area (Å²) in [6.45, 7) is 0.123. The number of ether oxygens (including phenoxy) is 1. The molecule has 2 atom stereocenters. The maximum Gasteiger partial charge on any atom is 0.127 e. The Hall–Kier alpha value is -1.13. The lowest BCUT2D eigenvalue weighted by atomic mass is 9.99. The summed E-state index contributed by atoms with van der Waals surface area (Å²) in [5, 5.41) is 9.35. The zero-order chi connectivity index (χ0) is 9.42. The lowest BCUT2D eigenvalue weighted by Gasteiger charge is -2.27. The van der Waals surface area contributed by atoms with Gasteiger partial charge in [0, 0.05) is 11.6 Å². The summed E-state index contributed by atoms with van der Waals surface area (Å²) in [6.07, 6.45) is -0.710. The summed E-state index contributed by atoms with van der Waals surface area (Å²) >= 11 is 0. The van der Waals surface area contributed by atoms with Gasteiger partial charge in [0.15, 0.2) is 0 Å². The number of hydrogen-bond acceptors (Lipinski definition) is 3. The van der Waals surface area contributed by atoms with E-state index in [2.05, 4.69) is 0 Å². The van der Waals surface area contributed by atoms with Crippen LogP contribution in [0.4, 0.5) is 4.39 Å². The average Bonchev–Trinajstić information content (AvgIpc) is 2.12. The molecule has 0 saturated carbocycles. The minimum atomic E-state index is -0.710. The maximum absolute atomic E-state index is 12.7. The molecular formula is C9H10FNO2. The number of aliphatic hydroxyl groups excluding tert-OH is 1. The van der Waals surface area contributed by atoms with Crippen molar-refractivity contribution >= 4 is 0 Å². The molecule has 0 unspecified atom stereocenters. The molecule has 1 aliphatic rings. The molecule has 0 saturated heterocycles. The SMILES string of the molecule is N[C@@H]1c2ccc(F)cc2OC[C@@H]1O. The van der Waals surface area contributed by atoms with E-state index in [1.807, 2.05) is 0 Å². The highest BCUT2D eigenvalue weighted by molar-refractivity contribution is 5.38. The third kappa shape index (κ3) is 1.38. The van der Waals surface area contributed by atoms with Crippen molar-refractivity contribution in [3.63, 3.8) is 0 Å². The Morgan fingerprint density at radius 3 is 3.08 bits per heavy atom. The normalized spacial score (nSPS) is 26.4. The molecule has 2 rings (SSSR count). The molecule has 1 aromatic carbocycles. The highest BCUT2D eigenvalue weighted by atomic mass is 19.1. The van der Waals surface area contributed by atoms with Crippen LogP contribution in [0.1, 0.15) is 11.6 Å². The van der Waals surface area contributed by atoms with Gasteiger partial charge in [-0.25, -0.2) is 4.39 Å². The van der Waals surface area contributed by atoms with Gasteiger partial charge in [0.25, 0.3) is 0 Å². The van der Waals surface area contributed by atoms with Crippen molar-refractivity contribution < 1.29 is 14.2 Å². The van der Waals surface area contributed by atoms with Crippen molar-refractivity contribution in [2.45, 2.75) is 12.1 Å². The summed E-state index contributed by atoms with van der Waals surface area (Å²) in [7, 11) is 0. The molecule has 4 heteroatoms. The van der Waals surface area contributed by atoms with Gasteiger partial charge >= 0.3 is 0 Å². The monoisotopic (exact) mass is 183 g/mol. The second-order valence-corrected chi connectivity index (χ2v) is 3.09. The van der Waals surface area contributed by atoms with E-state index >= 15 is 0 Å². The molecule has 1 aliphatic heterocycles. The number of halogens is 1. The van der Waals surface area contributed by atoms with Gasteiger partial charge in [0.2, 0.25) is 0 Å². The van der Waals surface area contributed by atoms with E-state index < -0.39 is 12.1 Å². The fourth-order valence-corrected chi connectivity index (χ4v) is 1.39. The predicted molar refractivity (Wildman–Crippen MR) is 44.8 cm³/mol. The molecule has 3 N–H and O–H groups in total. The van der Waals surface area contributed by atoms with Crippen LogP contribution >= 0.6 is 0 Å². The Morgan fingerprint density at radius 1 is 1.54 bits per heavy atom. The van der Waals surface area contributed by atoms with Gasteiger partial charge in [-0.15, -0.1) is 0 Å². The molecule has 0 radical (unpaired) electrons. The van der Waals surface area contributed by atoms with E-state index in [0.717, 1.165) is 0 Å².